The number of hydrogen-bond donors (Lipinski definition) is 2. The maximum Gasteiger partial charge on any atom is 0.270 e. The number of phenols is 1. The molecule has 2 aromatic rings. The molecule has 0 aliphatic carbocycles. The number of nitrogens with two attached hydrogens (primary N) is 1. The molecule has 2 rings (SSSR count). The van der Waals surface area contributed by atoms with Crippen LogP contribution < -0.4 is 16.0 Å². The third kappa shape index (κ3) is 3.83. The van der Waals surface area contributed by atoms with Crippen LogP contribution >= 0.6 is 0 Å². The van der Waals surface area contributed by atoms with Crippen molar-refractivity contribution in [2.24, 2.45) is 5.73 Å². The van der Waals surface area contributed by atoms with Gasteiger partial charge in [0, 0.05) is 6.07 Å². The van der Waals surface area contributed by atoms with Crippen LogP contribution in [0.5, 0.6) is 11.5 Å². The van der Waals surface area contributed by atoms with E-state index in [0.717, 1.165) is 12.0 Å². The van der Waals surface area contributed by atoms with E-state index in [1.165, 1.54) is 16.9 Å². The van der Waals surface area contributed by atoms with E-state index in [9.17, 15) is 9.90 Å². The summed E-state index contributed by atoms with van der Waals surface area (Å²) in [5.74, 6) is 0.605. The minimum absolute atomic E-state index is 0.164. The van der Waals surface area contributed by atoms with Gasteiger partial charge in [-0.25, -0.2) is 4.68 Å². The van der Waals surface area contributed by atoms with E-state index in [-0.39, 0.29) is 11.3 Å². The molecule has 0 aliphatic rings. The summed E-state index contributed by atoms with van der Waals surface area (Å²) in [5.41, 5.74) is 5.91. The monoisotopic (exact) mass is 275 g/mol. The molecule has 0 saturated carbocycles. The summed E-state index contributed by atoms with van der Waals surface area (Å²) in [6, 6.07) is 8.11. The average Bonchev–Trinajstić information content (AvgIpc) is 2.42. The highest BCUT2D eigenvalue weighted by Crippen LogP contribution is 2.11. The van der Waals surface area contributed by atoms with Crippen LogP contribution in [0.2, 0.25) is 0 Å². The van der Waals surface area contributed by atoms with Crippen LogP contribution in [0.25, 0.3) is 0 Å². The quantitative estimate of drug-likeness (QED) is 0.758. The highest BCUT2D eigenvalue weighted by molar-refractivity contribution is 5.27. The molecule has 106 valence electrons. The molecule has 3 N–H and O–H groups in total. The molecule has 0 saturated heterocycles. The molecule has 6 heteroatoms. The predicted molar refractivity (Wildman–Crippen MR) is 74.9 cm³/mol. The Morgan fingerprint density at radius 2 is 2.20 bits per heavy atom. The van der Waals surface area contributed by atoms with Crippen LogP contribution in [0.4, 0.5) is 0 Å². The van der Waals surface area contributed by atoms with Crippen LogP contribution in [0.15, 0.2) is 41.3 Å². The molecular formula is C14H17N3O3. The number of nitrogens with zero attached hydrogens (tertiary/aromatic N) is 2. The lowest BCUT2D eigenvalue weighted by Crippen LogP contribution is -2.22. The molecule has 1 aromatic heterocycles. The van der Waals surface area contributed by atoms with Crippen molar-refractivity contribution in [3.63, 3.8) is 0 Å². The van der Waals surface area contributed by atoms with E-state index < -0.39 is 0 Å². The number of ether oxygens (including phenoxy) is 1. The van der Waals surface area contributed by atoms with Gasteiger partial charge < -0.3 is 15.6 Å². The molecule has 0 bridgehead atoms. The Balaban J connectivity index is 2.08. The van der Waals surface area contributed by atoms with Crippen LogP contribution in [0.1, 0.15) is 12.0 Å². The minimum atomic E-state index is -0.251. The Hall–Kier alpha value is -2.34. The van der Waals surface area contributed by atoms with Gasteiger partial charge in [-0.1, -0.05) is 12.1 Å². The first-order chi connectivity index (χ1) is 9.69. The lowest BCUT2D eigenvalue weighted by molar-refractivity contribution is 0.309. The number of aromatic nitrogens is 2. The van der Waals surface area contributed by atoms with Gasteiger partial charge in [0.2, 0.25) is 0 Å². The Bertz CT molecular complexity index is 625. The van der Waals surface area contributed by atoms with E-state index in [1.807, 2.05) is 6.07 Å². The molecule has 6 nitrogen and oxygen atoms in total. The zero-order valence-electron chi connectivity index (χ0n) is 11.0. The van der Waals surface area contributed by atoms with E-state index >= 15 is 0 Å². The lowest BCUT2D eigenvalue weighted by Gasteiger charge is -2.07. The molecule has 0 atom stereocenters. The van der Waals surface area contributed by atoms with Gasteiger partial charge in [0.25, 0.3) is 5.56 Å². The Morgan fingerprint density at radius 3 is 2.90 bits per heavy atom. The van der Waals surface area contributed by atoms with Gasteiger partial charge >= 0.3 is 0 Å². The van der Waals surface area contributed by atoms with E-state index in [4.69, 9.17) is 10.5 Å². The fourth-order valence-electron chi connectivity index (χ4n) is 1.72. The molecule has 0 aliphatic heterocycles. The molecule has 0 radical (unpaired) electrons. The second kappa shape index (κ2) is 6.72. The summed E-state index contributed by atoms with van der Waals surface area (Å²) >= 11 is 0. The van der Waals surface area contributed by atoms with E-state index in [2.05, 4.69) is 5.10 Å². The summed E-state index contributed by atoms with van der Waals surface area (Å²) in [7, 11) is 0. The van der Waals surface area contributed by atoms with Crippen LogP contribution in [-0.4, -0.2) is 28.0 Å². The normalized spacial score (nSPS) is 10.4. The molecule has 0 fully saturated rings. The summed E-state index contributed by atoms with van der Waals surface area (Å²) in [5, 5.41) is 13.4. The standard InChI is InChI=1S/C14H17N3O3/c15-5-2-6-20-13-8-14(19)17(16-9-13)10-11-3-1-4-12(18)7-11/h1,3-4,7-9,18H,2,5-6,10,15H2. The molecule has 0 spiro atoms. The SMILES string of the molecule is NCCCOc1cnn(Cc2cccc(O)c2)c(=O)c1. The number of phenolic OH excluding ortho intramolecular Hbond substituents is 1. The summed E-state index contributed by atoms with van der Waals surface area (Å²) in [6.45, 7) is 1.31. The van der Waals surface area contributed by atoms with Crippen molar-refractivity contribution in [3.05, 3.63) is 52.4 Å². The van der Waals surface area contributed by atoms with Crippen molar-refractivity contribution >= 4 is 0 Å². The first-order valence-corrected chi connectivity index (χ1v) is 6.37. The highest BCUT2D eigenvalue weighted by atomic mass is 16.5. The minimum Gasteiger partial charge on any atom is -0.508 e. The van der Waals surface area contributed by atoms with Crippen molar-refractivity contribution < 1.29 is 9.84 Å². The van der Waals surface area contributed by atoms with Crippen LogP contribution in [0, 0.1) is 0 Å². The number of hydrogen-bond acceptors (Lipinski definition) is 5. The van der Waals surface area contributed by atoms with Gasteiger partial charge in [0.15, 0.2) is 0 Å². The Labute approximate surface area is 116 Å². The van der Waals surface area contributed by atoms with Crippen LogP contribution in [-0.2, 0) is 6.54 Å². The number of rotatable bonds is 6. The maximum atomic E-state index is 11.9. The first kappa shape index (κ1) is 14.1. The highest BCUT2D eigenvalue weighted by Gasteiger charge is 2.03. The zero-order chi connectivity index (χ0) is 14.4. The van der Waals surface area contributed by atoms with Gasteiger partial charge in [0.1, 0.15) is 11.5 Å². The third-order valence-corrected chi connectivity index (χ3v) is 2.70. The summed E-state index contributed by atoms with van der Waals surface area (Å²) in [6.07, 6.45) is 2.23. The van der Waals surface area contributed by atoms with E-state index in [1.54, 1.807) is 18.2 Å². The maximum absolute atomic E-state index is 11.9. The molecule has 0 unspecified atom stereocenters. The van der Waals surface area contributed by atoms with Gasteiger partial charge in [-0.2, -0.15) is 5.10 Å². The van der Waals surface area contributed by atoms with Crippen molar-refractivity contribution in [1.29, 1.82) is 0 Å². The summed E-state index contributed by atoms with van der Waals surface area (Å²) in [4.78, 5) is 11.9. The third-order valence-electron chi connectivity index (χ3n) is 2.70. The van der Waals surface area contributed by atoms with Crippen molar-refractivity contribution in [2.45, 2.75) is 13.0 Å². The van der Waals surface area contributed by atoms with Crippen molar-refractivity contribution in [2.75, 3.05) is 13.2 Å². The topological polar surface area (TPSA) is 90.4 Å². The summed E-state index contributed by atoms with van der Waals surface area (Å²) < 4.78 is 6.67. The second-order valence-electron chi connectivity index (χ2n) is 4.35. The predicted octanol–water partition coefficient (Wildman–Crippen LogP) is 0.725. The van der Waals surface area contributed by atoms with Crippen molar-refractivity contribution in [3.8, 4) is 11.5 Å². The van der Waals surface area contributed by atoms with E-state index in [0.29, 0.717) is 25.4 Å². The van der Waals surface area contributed by atoms with Crippen LogP contribution in [0.3, 0.4) is 0 Å². The second-order valence-corrected chi connectivity index (χ2v) is 4.35. The first-order valence-electron chi connectivity index (χ1n) is 6.37. The fourth-order valence-corrected chi connectivity index (χ4v) is 1.72. The lowest BCUT2D eigenvalue weighted by atomic mass is 10.2. The smallest absolute Gasteiger partial charge is 0.270 e. The van der Waals surface area contributed by atoms with Gasteiger partial charge in [-0.15, -0.1) is 0 Å². The largest absolute Gasteiger partial charge is 0.508 e. The van der Waals surface area contributed by atoms with Gasteiger partial charge in [-0.3, -0.25) is 4.79 Å². The zero-order valence-corrected chi connectivity index (χ0v) is 11.0. The van der Waals surface area contributed by atoms with Crippen molar-refractivity contribution in [1.82, 2.24) is 9.78 Å². The fraction of sp³-hybridized carbons (Fsp3) is 0.286. The molecule has 20 heavy (non-hydrogen) atoms. The number of benzene rings is 1. The molecule has 1 aromatic carbocycles. The Morgan fingerprint density at radius 1 is 1.35 bits per heavy atom. The average molecular weight is 275 g/mol. The van der Waals surface area contributed by atoms with Gasteiger partial charge in [0.05, 0.1) is 19.3 Å². The number of aromatic hydroxyl groups is 1. The van der Waals surface area contributed by atoms with Gasteiger partial charge in [-0.05, 0) is 30.7 Å². The Kier molecular flexibility index (Phi) is 4.73. The molecule has 1 heterocycles. The molecule has 0 amide bonds. The molecular weight excluding hydrogens is 258 g/mol.